The molecule has 2 aliphatic rings. The van der Waals surface area contributed by atoms with Crippen molar-refractivity contribution in [3.05, 3.63) is 23.5 Å². The molecule has 0 aliphatic carbocycles. The third kappa shape index (κ3) is 3.76. The Morgan fingerprint density at radius 1 is 1.13 bits per heavy atom. The molecule has 0 unspecified atom stereocenters. The van der Waals surface area contributed by atoms with Crippen molar-refractivity contribution in [3.63, 3.8) is 0 Å². The van der Waals surface area contributed by atoms with Crippen molar-refractivity contribution in [1.82, 2.24) is 15.1 Å². The number of benzene rings is 1. The van der Waals surface area contributed by atoms with Crippen LogP contribution in [0, 0.1) is 5.82 Å². The monoisotopic (exact) mass is 323 g/mol. The van der Waals surface area contributed by atoms with Gasteiger partial charge in [0.2, 0.25) is 0 Å². The summed E-state index contributed by atoms with van der Waals surface area (Å²) in [6, 6.07) is 3.84. The van der Waals surface area contributed by atoms with Crippen LogP contribution in [0.4, 0.5) is 4.39 Å². The van der Waals surface area contributed by atoms with Crippen LogP contribution < -0.4 is 14.8 Å². The molecule has 0 spiro atoms. The average molecular weight is 323 g/mol. The highest BCUT2D eigenvalue weighted by atomic mass is 19.1. The van der Waals surface area contributed by atoms with Gasteiger partial charge in [-0.25, -0.2) is 4.39 Å². The molecule has 0 saturated carbocycles. The largest absolute Gasteiger partial charge is 0.493 e. The summed E-state index contributed by atoms with van der Waals surface area (Å²) < 4.78 is 24.7. The van der Waals surface area contributed by atoms with E-state index in [2.05, 4.69) is 15.1 Å². The summed E-state index contributed by atoms with van der Waals surface area (Å²) in [6.45, 7) is 6.91. The van der Waals surface area contributed by atoms with E-state index in [1.165, 1.54) is 19.6 Å². The zero-order valence-electron chi connectivity index (χ0n) is 14.0. The molecule has 3 rings (SSSR count). The predicted octanol–water partition coefficient (Wildman–Crippen LogP) is 1.32. The molecule has 0 amide bonds. The first-order valence-corrected chi connectivity index (χ1v) is 8.28. The molecule has 2 saturated heterocycles. The summed E-state index contributed by atoms with van der Waals surface area (Å²) in [5.74, 6) is 0.789. The van der Waals surface area contributed by atoms with Gasteiger partial charge in [0, 0.05) is 56.9 Å². The number of nitrogens with zero attached hydrogens (tertiary/aromatic N) is 2. The van der Waals surface area contributed by atoms with E-state index in [0.29, 0.717) is 29.6 Å². The van der Waals surface area contributed by atoms with E-state index in [1.807, 2.05) is 0 Å². The first-order chi connectivity index (χ1) is 11.2. The zero-order valence-corrected chi connectivity index (χ0v) is 14.0. The fourth-order valence-corrected chi connectivity index (χ4v) is 3.50. The number of halogens is 1. The zero-order chi connectivity index (χ0) is 16.2. The summed E-state index contributed by atoms with van der Waals surface area (Å²) >= 11 is 0. The summed E-state index contributed by atoms with van der Waals surface area (Å²) in [7, 11) is 3.10. The molecule has 5 nitrogen and oxygen atoms in total. The molecule has 2 fully saturated rings. The Kier molecular flexibility index (Phi) is 5.35. The van der Waals surface area contributed by atoms with Gasteiger partial charge < -0.3 is 14.8 Å². The lowest BCUT2D eigenvalue weighted by atomic mass is 10.1. The van der Waals surface area contributed by atoms with Crippen molar-refractivity contribution in [2.24, 2.45) is 0 Å². The second kappa shape index (κ2) is 7.47. The highest BCUT2D eigenvalue weighted by Gasteiger charge is 2.26. The van der Waals surface area contributed by atoms with Crippen molar-refractivity contribution < 1.29 is 13.9 Å². The standard InChI is InChI=1S/C17H26FN3O2/c1-22-16-9-13(15(18)10-17(16)23-2)12-20-5-7-21(8-6-20)14-3-4-19-11-14/h9-10,14,19H,3-8,11-12H2,1-2H3/t14-/m1/s1. The number of ether oxygens (including phenoxy) is 2. The number of piperazine rings is 1. The first-order valence-electron chi connectivity index (χ1n) is 8.28. The van der Waals surface area contributed by atoms with Gasteiger partial charge in [0.05, 0.1) is 14.2 Å². The van der Waals surface area contributed by atoms with Gasteiger partial charge in [0.15, 0.2) is 11.5 Å². The third-order valence-corrected chi connectivity index (χ3v) is 4.90. The lowest BCUT2D eigenvalue weighted by molar-refractivity contribution is 0.0973. The van der Waals surface area contributed by atoms with E-state index in [9.17, 15) is 4.39 Å². The Bertz CT molecular complexity index is 527. The maximum absolute atomic E-state index is 14.2. The number of methoxy groups -OCH3 is 2. The molecule has 6 heteroatoms. The molecule has 23 heavy (non-hydrogen) atoms. The first kappa shape index (κ1) is 16.5. The predicted molar refractivity (Wildman–Crippen MR) is 87.6 cm³/mol. The van der Waals surface area contributed by atoms with Gasteiger partial charge in [0.25, 0.3) is 0 Å². The lowest BCUT2D eigenvalue weighted by Gasteiger charge is -2.37. The van der Waals surface area contributed by atoms with Crippen molar-refractivity contribution >= 4 is 0 Å². The van der Waals surface area contributed by atoms with Gasteiger partial charge in [0.1, 0.15) is 5.82 Å². The Hall–Kier alpha value is -1.37. The van der Waals surface area contributed by atoms with Gasteiger partial charge in [-0.2, -0.15) is 0 Å². The molecule has 128 valence electrons. The lowest BCUT2D eigenvalue weighted by Crippen LogP contribution is -2.50. The van der Waals surface area contributed by atoms with Crippen molar-refractivity contribution in [3.8, 4) is 11.5 Å². The smallest absolute Gasteiger partial charge is 0.163 e. The van der Waals surface area contributed by atoms with Gasteiger partial charge in [-0.3, -0.25) is 9.80 Å². The van der Waals surface area contributed by atoms with Crippen LogP contribution in [0.2, 0.25) is 0 Å². The van der Waals surface area contributed by atoms with Crippen molar-refractivity contribution in [2.45, 2.75) is 19.0 Å². The van der Waals surface area contributed by atoms with Crippen molar-refractivity contribution in [2.75, 3.05) is 53.5 Å². The molecular formula is C17H26FN3O2. The molecule has 0 bridgehead atoms. The molecule has 1 N–H and O–H groups in total. The quantitative estimate of drug-likeness (QED) is 0.885. The molecule has 1 aromatic rings. The molecule has 0 aromatic heterocycles. The third-order valence-electron chi connectivity index (χ3n) is 4.90. The van der Waals surface area contributed by atoms with Gasteiger partial charge in [-0.05, 0) is 19.0 Å². The SMILES string of the molecule is COc1cc(F)c(CN2CCN([C@@H]3CCNC3)CC2)cc1OC. The van der Waals surface area contributed by atoms with Gasteiger partial charge >= 0.3 is 0 Å². The Balaban J connectivity index is 1.60. The number of hydrogen-bond acceptors (Lipinski definition) is 5. The second-order valence-electron chi connectivity index (χ2n) is 6.26. The Labute approximate surface area is 137 Å². The van der Waals surface area contributed by atoms with Crippen LogP contribution in [0.5, 0.6) is 11.5 Å². The van der Waals surface area contributed by atoms with Crippen LogP contribution in [-0.2, 0) is 6.54 Å². The normalized spacial score (nSPS) is 23.2. The molecule has 1 atom stereocenters. The van der Waals surface area contributed by atoms with E-state index >= 15 is 0 Å². The van der Waals surface area contributed by atoms with Gasteiger partial charge in [-0.15, -0.1) is 0 Å². The molecule has 1 aromatic carbocycles. The van der Waals surface area contributed by atoms with E-state index in [-0.39, 0.29) is 5.82 Å². The molecular weight excluding hydrogens is 297 g/mol. The van der Waals surface area contributed by atoms with Crippen LogP contribution in [0.15, 0.2) is 12.1 Å². The van der Waals surface area contributed by atoms with Crippen molar-refractivity contribution in [1.29, 1.82) is 0 Å². The number of hydrogen-bond donors (Lipinski definition) is 1. The van der Waals surface area contributed by atoms with Crippen LogP contribution in [-0.4, -0.2) is 69.3 Å². The minimum Gasteiger partial charge on any atom is -0.493 e. The van der Waals surface area contributed by atoms with E-state index in [1.54, 1.807) is 13.2 Å². The Morgan fingerprint density at radius 3 is 2.43 bits per heavy atom. The summed E-state index contributed by atoms with van der Waals surface area (Å²) in [6.07, 6.45) is 1.24. The highest BCUT2D eigenvalue weighted by molar-refractivity contribution is 5.43. The van der Waals surface area contributed by atoms with E-state index < -0.39 is 0 Å². The highest BCUT2D eigenvalue weighted by Crippen LogP contribution is 2.30. The topological polar surface area (TPSA) is 37.0 Å². The van der Waals surface area contributed by atoms with E-state index in [0.717, 1.165) is 39.3 Å². The molecule has 2 aliphatic heterocycles. The van der Waals surface area contributed by atoms with E-state index in [4.69, 9.17) is 9.47 Å². The summed E-state index contributed by atoms with van der Waals surface area (Å²) in [5, 5.41) is 3.42. The van der Waals surface area contributed by atoms with Crippen LogP contribution >= 0.6 is 0 Å². The second-order valence-corrected chi connectivity index (χ2v) is 6.26. The minimum atomic E-state index is -0.231. The maximum atomic E-state index is 14.2. The maximum Gasteiger partial charge on any atom is 0.163 e. The Morgan fingerprint density at radius 2 is 1.83 bits per heavy atom. The molecule has 0 radical (unpaired) electrons. The van der Waals surface area contributed by atoms with Crippen LogP contribution in [0.3, 0.4) is 0 Å². The number of nitrogens with one attached hydrogen (secondary N) is 1. The van der Waals surface area contributed by atoms with Gasteiger partial charge in [-0.1, -0.05) is 0 Å². The molecule has 2 heterocycles. The summed E-state index contributed by atoms with van der Waals surface area (Å²) in [4.78, 5) is 4.87. The fraction of sp³-hybridized carbons (Fsp3) is 0.647. The van der Waals surface area contributed by atoms with Crippen LogP contribution in [0.1, 0.15) is 12.0 Å². The number of rotatable bonds is 5. The van der Waals surface area contributed by atoms with Crippen LogP contribution in [0.25, 0.3) is 0 Å². The fourth-order valence-electron chi connectivity index (χ4n) is 3.50. The average Bonchev–Trinajstić information content (AvgIpc) is 3.11. The minimum absolute atomic E-state index is 0.231. The summed E-state index contributed by atoms with van der Waals surface area (Å²) in [5.41, 5.74) is 0.665.